The van der Waals surface area contributed by atoms with E-state index in [0.717, 1.165) is 23.1 Å². The fraction of sp³-hybridized carbons (Fsp3) is 0.357. The van der Waals surface area contributed by atoms with Gasteiger partial charge in [0.25, 0.3) is 0 Å². The molecule has 4 heteroatoms. The number of aryl methyl sites for hydroxylation is 3. The normalized spacial score (nSPS) is 10.7. The van der Waals surface area contributed by atoms with E-state index in [1.54, 1.807) is 0 Å². The Morgan fingerprint density at radius 2 is 1.83 bits per heavy atom. The Hall–Kier alpha value is -1.29. The number of imidazole rings is 1. The lowest BCUT2D eigenvalue weighted by molar-refractivity contribution is 0.876. The molecular formula is C14H18BrN3. The van der Waals surface area contributed by atoms with Crippen molar-refractivity contribution in [2.75, 3.05) is 19.0 Å². The van der Waals surface area contributed by atoms with Gasteiger partial charge in [-0.05, 0) is 46.5 Å². The van der Waals surface area contributed by atoms with Gasteiger partial charge in [0.1, 0.15) is 4.60 Å². The molecule has 0 aliphatic rings. The minimum atomic E-state index is 0.961. The molecule has 0 saturated heterocycles. The molecule has 1 aromatic heterocycles. The van der Waals surface area contributed by atoms with Crippen molar-refractivity contribution < 1.29 is 0 Å². The molecule has 0 aliphatic carbocycles. The van der Waals surface area contributed by atoms with Gasteiger partial charge in [0.2, 0.25) is 0 Å². The lowest BCUT2D eigenvalue weighted by Gasteiger charge is -2.12. The summed E-state index contributed by atoms with van der Waals surface area (Å²) in [4.78, 5) is 6.49. The second-order valence-corrected chi connectivity index (χ2v) is 5.40. The highest BCUT2D eigenvalue weighted by atomic mass is 79.9. The van der Waals surface area contributed by atoms with Crippen LogP contribution in [0.15, 0.2) is 35.2 Å². The Bertz CT molecular complexity index is 514. The van der Waals surface area contributed by atoms with Crippen molar-refractivity contribution in [3.05, 3.63) is 46.5 Å². The first kappa shape index (κ1) is 13.1. The summed E-state index contributed by atoms with van der Waals surface area (Å²) < 4.78 is 3.07. The van der Waals surface area contributed by atoms with Gasteiger partial charge in [-0.1, -0.05) is 12.1 Å². The van der Waals surface area contributed by atoms with Crippen LogP contribution in [0.4, 0.5) is 5.69 Å². The average Bonchev–Trinajstić information content (AvgIpc) is 2.68. The monoisotopic (exact) mass is 307 g/mol. The predicted octanol–water partition coefficient (Wildman–Crippen LogP) is 3.03. The number of hydrogen-bond acceptors (Lipinski definition) is 2. The van der Waals surface area contributed by atoms with Crippen LogP contribution in [0.25, 0.3) is 0 Å². The van der Waals surface area contributed by atoms with E-state index in [1.807, 2.05) is 17.9 Å². The molecule has 96 valence electrons. The SMILES string of the molecule is CN(C)c1ccc(CCc2ncn(C)c2Br)cc1. The predicted molar refractivity (Wildman–Crippen MR) is 79.1 cm³/mol. The van der Waals surface area contributed by atoms with Crippen LogP contribution in [0.1, 0.15) is 11.3 Å². The van der Waals surface area contributed by atoms with E-state index in [0.29, 0.717) is 0 Å². The molecule has 0 atom stereocenters. The summed E-state index contributed by atoms with van der Waals surface area (Å²) in [7, 11) is 6.10. The van der Waals surface area contributed by atoms with Gasteiger partial charge in [-0.3, -0.25) is 0 Å². The van der Waals surface area contributed by atoms with E-state index < -0.39 is 0 Å². The van der Waals surface area contributed by atoms with E-state index in [-0.39, 0.29) is 0 Å². The highest BCUT2D eigenvalue weighted by molar-refractivity contribution is 9.10. The quantitative estimate of drug-likeness (QED) is 0.865. The highest BCUT2D eigenvalue weighted by Gasteiger charge is 2.05. The topological polar surface area (TPSA) is 21.1 Å². The third-order valence-corrected chi connectivity index (χ3v) is 4.05. The molecule has 1 heterocycles. The summed E-state index contributed by atoms with van der Waals surface area (Å²) in [6.45, 7) is 0. The van der Waals surface area contributed by atoms with Gasteiger partial charge >= 0.3 is 0 Å². The van der Waals surface area contributed by atoms with Gasteiger partial charge in [-0.25, -0.2) is 4.98 Å². The number of halogens is 1. The molecule has 0 radical (unpaired) electrons. The second kappa shape index (κ2) is 5.57. The standard InChI is InChI=1S/C14H18BrN3/c1-17(2)12-7-4-11(5-8-12)6-9-13-14(15)18(3)10-16-13/h4-5,7-8,10H,6,9H2,1-3H3. The number of aromatic nitrogens is 2. The molecule has 0 saturated carbocycles. The van der Waals surface area contributed by atoms with Gasteiger partial charge in [-0.2, -0.15) is 0 Å². The van der Waals surface area contributed by atoms with Crippen molar-refractivity contribution in [1.82, 2.24) is 9.55 Å². The van der Waals surface area contributed by atoms with Gasteiger partial charge < -0.3 is 9.47 Å². The molecule has 0 N–H and O–H groups in total. The second-order valence-electron chi connectivity index (χ2n) is 4.65. The lowest BCUT2D eigenvalue weighted by atomic mass is 10.1. The zero-order valence-electron chi connectivity index (χ0n) is 11.0. The maximum Gasteiger partial charge on any atom is 0.107 e. The minimum absolute atomic E-state index is 0.961. The zero-order valence-corrected chi connectivity index (χ0v) is 12.6. The zero-order chi connectivity index (χ0) is 13.1. The van der Waals surface area contributed by atoms with Crippen molar-refractivity contribution in [3.63, 3.8) is 0 Å². The summed E-state index contributed by atoms with van der Waals surface area (Å²) in [5, 5.41) is 0. The van der Waals surface area contributed by atoms with Crippen LogP contribution in [0, 0.1) is 0 Å². The van der Waals surface area contributed by atoms with Crippen molar-refractivity contribution in [3.8, 4) is 0 Å². The van der Waals surface area contributed by atoms with E-state index in [4.69, 9.17) is 0 Å². The molecule has 3 nitrogen and oxygen atoms in total. The molecule has 0 aliphatic heterocycles. The van der Waals surface area contributed by atoms with Crippen LogP contribution in [-0.4, -0.2) is 23.6 Å². The summed E-state index contributed by atoms with van der Waals surface area (Å²) in [6, 6.07) is 8.68. The Balaban J connectivity index is 2.00. The van der Waals surface area contributed by atoms with Crippen LogP contribution in [0.2, 0.25) is 0 Å². The van der Waals surface area contributed by atoms with Crippen molar-refractivity contribution in [1.29, 1.82) is 0 Å². The van der Waals surface area contributed by atoms with E-state index in [2.05, 4.69) is 64.2 Å². The van der Waals surface area contributed by atoms with Crippen molar-refractivity contribution in [2.45, 2.75) is 12.8 Å². The first-order valence-corrected chi connectivity index (χ1v) is 6.79. The Morgan fingerprint density at radius 1 is 1.17 bits per heavy atom. The van der Waals surface area contributed by atoms with Gasteiger partial charge in [0.15, 0.2) is 0 Å². The van der Waals surface area contributed by atoms with Gasteiger partial charge in [0, 0.05) is 26.8 Å². The summed E-state index contributed by atoms with van der Waals surface area (Å²) >= 11 is 3.55. The summed E-state index contributed by atoms with van der Waals surface area (Å²) in [5.41, 5.74) is 3.70. The number of hydrogen-bond donors (Lipinski definition) is 0. The van der Waals surface area contributed by atoms with E-state index in [1.165, 1.54) is 11.3 Å². The molecule has 18 heavy (non-hydrogen) atoms. The molecular weight excluding hydrogens is 290 g/mol. The average molecular weight is 308 g/mol. The number of benzene rings is 1. The van der Waals surface area contributed by atoms with Crippen molar-refractivity contribution in [2.24, 2.45) is 7.05 Å². The number of nitrogens with zero attached hydrogens (tertiary/aromatic N) is 3. The maximum atomic E-state index is 4.38. The van der Waals surface area contributed by atoms with Crippen molar-refractivity contribution >= 4 is 21.6 Å². The molecule has 0 spiro atoms. The van der Waals surface area contributed by atoms with Crippen LogP contribution in [0.5, 0.6) is 0 Å². The first-order chi connectivity index (χ1) is 8.58. The number of rotatable bonds is 4. The molecule has 0 bridgehead atoms. The largest absolute Gasteiger partial charge is 0.378 e. The van der Waals surface area contributed by atoms with Gasteiger partial charge in [-0.15, -0.1) is 0 Å². The Kier molecular flexibility index (Phi) is 4.07. The summed E-state index contributed by atoms with van der Waals surface area (Å²) in [6.07, 6.45) is 3.82. The van der Waals surface area contributed by atoms with Crippen LogP contribution in [-0.2, 0) is 19.9 Å². The van der Waals surface area contributed by atoms with E-state index in [9.17, 15) is 0 Å². The maximum absolute atomic E-state index is 4.38. The smallest absolute Gasteiger partial charge is 0.107 e. The fourth-order valence-electron chi connectivity index (χ4n) is 1.86. The number of anilines is 1. The van der Waals surface area contributed by atoms with Crippen LogP contribution >= 0.6 is 15.9 Å². The summed E-state index contributed by atoms with van der Waals surface area (Å²) in [5.74, 6) is 0. The third kappa shape index (κ3) is 2.93. The molecule has 0 fully saturated rings. The molecule has 1 aromatic carbocycles. The van der Waals surface area contributed by atoms with Crippen LogP contribution in [0.3, 0.4) is 0 Å². The lowest BCUT2D eigenvalue weighted by Crippen LogP contribution is -2.08. The van der Waals surface area contributed by atoms with E-state index >= 15 is 0 Å². The third-order valence-electron chi connectivity index (χ3n) is 3.04. The molecule has 0 amide bonds. The highest BCUT2D eigenvalue weighted by Crippen LogP contribution is 2.18. The van der Waals surface area contributed by atoms with Crippen LogP contribution < -0.4 is 4.90 Å². The van der Waals surface area contributed by atoms with Gasteiger partial charge in [0.05, 0.1) is 12.0 Å². The molecule has 0 unspecified atom stereocenters. The molecule has 2 aromatic rings. The first-order valence-electron chi connectivity index (χ1n) is 6.00. The Labute approximate surface area is 117 Å². The minimum Gasteiger partial charge on any atom is -0.378 e. The molecule has 2 rings (SSSR count). The fourth-order valence-corrected chi connectivity index (χ4v) is 2.25. The Morgan fingerprint density at radius 3 is 2.33 bits per heavy atom.